The maximum Gasteiger partial charge on any atom is 0.253 e. The molecule has 2 aromatic heterocycles. The van der Waals surface area contributed by atoms with E-state index in [1.165, 1.54) is 6.20 Å². The van der Waals surface area contributed by atoms with E-state index in [9.17, 15) is 9.90 Å². The molecular formula is C14H20N4O2. The fourth-order valence-electron chi connectivity index (χ4n) is 2.11. The maximum absolute atomic E-state index is 12.2. The normalized spacial score (nSPS) is 12.9. The van der Waals surface area contributed by atoms with Crippen LogP contribution in [0.5, 0.6) is 0 Å². The number of fused-ring (bicyclic) bond motifs is 1. The molecule has 2 rings (SSSR count). The van der Waals surface area contributed by atoms with E-state index in [0.29, 0.717) is 5.56 Å². The molecule has 2 heterocycles. The first-order chi connectivity index (χ1) is 9.43. The van der Waals surface area contributed by atoms with E-state index in [1.807, 2.05) is 27.8 Å². The molecule has 6 nitrogen and oxygen atoms in total. The zero-order valence-electron chi connectivity index (χ0n) is 12.2. The number of amides is 1. The molecule has 1 atom stereocenters. The number of rotatable bonds is 4. The summed E-state index contributed by atoms with van der Waals surface area (Å²) >= 11 is 0. The smallest absolute Gasteiger partial charge is 0.253 e. The topological polar surface area (TPSA) is 80.0 Å². The summed E-state index contributed by atoms with van der Waals surface area (Å²) in [6, 6.07) is 1.53. The number of carbonyl (C=O) groups excluding carboxylic acids is 1. The van der Waals surface area contributed by atoms with Crippen molar-refractivity contribution in [3.05, 3.63) is 23.5 Å². The van der Waals surface area contributed by atoms with Gasteiger partial charge in [0, 0.05) is 18.6 Å². The van der Waals surface area contributed by atoms with E-state index in [-0.39, 0.29) is 24.5 Å². The van der Waals surface area contributed by atoms with Crippen molar-refractivity contribution >= 4 is 16.9 Å². The summed E-state index contributed by atoms with van der Waals surface area (Å²) < 4.78 is 1.69. The van der Waals surface area contributed by atoms with Crippen LogP contribution in [0.15, 0.2) is 12.3 Å². The van der Waals surface area contributed by atoms with Gasteiger partial charge in [-0.1, -0.05) is 13.8 Å². The van der Waals surface area contributed by atoms with E-state index in [0.717, 1.165) is 16.7 Å². The monoisotopic (exact) mass is 276 g/mol. The maximum atomic E-state index is 12.2. The van der Waals surface area contributed by atoms with Crippen LogP contribution in [0.1, 0.15) is 29.9 Å². The summed E-state index contributed by atoms with van der Waals surface area (Å²) in [5, 5.41) is 17.2. The minimum Gasteiger partial charge on any atom is -0.394 e. The Morgan fingerprint density at radius 1 is 1.50 bits per heavy atom. The van der Waals surface area contributed by atoms with Crippen molar-refractivity contribution in [3.63, 3.8) is 0 Å². The molecule has 0 saturated heterocycles. The highest BCUT2D eigenvalue weighted by molar-refractivity contribution is 5.97. The first-order valence-corrected chi connectivity index (χ1v) is 6.65. The van der Waals surface area contributed by atoms with Crippen molar-refractivity contribution in [2.75, 3.05) is 6.61 Å². The molecule has 108 valence electrons. The highest BCUT2D eigenvalue weighted by Gasteiger charge is 2.17. The lowest BCUT2D eigenvalue weighted by atomic mass is 10.0. The molecule has 0 radical (unpaired) electrons. The molecule has 20 heavy (non-hydrogen) atoms. The molecule has 0 spiro atoms. The van der Waals surface area contributed by atoms with Crippen LogP contribution in [-0.4, -0.2) is 38.4 Å². The number of aryl methyl sites for hydroxylation is 2. The minimum atomic E-state index is -0.256. The number of pyridine rings is 1. The lowest BCUT2D eigenvalue weighted by Crippen LogP contribution is -2.41. The molecule has 0 aliphatic rings. The van der Waals surface area contributed by atoms with Gasteiger partial charge < -0.3 is 10.4 Å². The van der Waals surface area contributed by atoms with Crippen LogP contribution in [0, 0.1) is 12.8 Å². The Bertz CT molecular complexity index is 633. The highest BCUT2D eigenvalue weighted by atomic mass is 16.3. The summed E-state index contributed by atoms with van der Waals surface area (Å²) in [5.74, 6) is -0.0591. The van der Waals surface area contributed by atoms with Crippen LogP contribution in [0.4, 0.5) is 0 Å². The van der Waals surface area contributed by atoms with E-state index < -0.39 is 0 Å². The van der Waals surface area contributed by atoms with E-state index in [4.69, 9.17) is 0 Å². The number of aliphatic hydroxyl groups excluding tert-OH is 1. The molecule has 0 saturated carbocycles. The van der Waals surface area contributed by atoms with Crippen LogP contribution < -0.4 is 5.32 Å². The summed E-state index contributed by atoms with van der Waals surface area (Å²) in [6.45, 7) is 5.71. The van der Waals surface area contributed by atoms with Gasteiger partial charge in [0.2, 0.25) is 0 Å². The van der Waals surface area contributed by atoms with Gasteiger partial charge in [0.25, 0.3) is 5.91 Å². The van der Waals surface area contributed by atoms with Gasteiger partial charge in [-0.2, -0.15) is 5.10 Å². The quantitative estimate of drug-likeness (QED) is 0.874. The molecule has 6 heteroatoms. The van der Waals surface area contributed by atoms with E-state index in [1.54, 1.807) is 10.7 Å². The Kier molecular flexibility index (Phi) is 4.04. The molecule has 0 aromatic carbocycles. The van der Waals surface area contributed by atoms with E-state index in [2.05, 4.69) is 15.4 Å². The standard InChI is InChI=1S/C14H20N4O2/c1-8(2)12(7-19)16-14(20)10-5-11-9(3)17-18(4)13(11)15-6-10/h5-6,8,12,19H,7H2,1-4H3,(H,16,20). The fraction of sp³-hybridized carbons (Fsp3) is 0.500. The number of hydrogen-bond acceptors (Lipinski definition) is 4. The van der Waals surface area contributed by atoms with Crippen molar-refractivity contribution in [2.24, 2.45) is 13.0 Å². The Balaban J connectivity index is 2.29. The van der Waals surface area contributed by atoms with Crippen LogP contribution in [-0.2, 0) is 7.05 Å². The Hall–Kier alpha value is -1.95. The van der Waals surface area contributed by atoms with Crippen molar-refractivity contribution in [1.82, 2.24) is 20.1 Å². The Labute approximate surface area is 117 Å². The van der Waals surface area contributed by atoms with Gasteiger partial charge in [-0.25, -0.2) is 4.98 Å². The molecule has 0 fully saturated rings. The van der Waals surface area contributed by atoms with Crippen LogP contribution in [0.25, 0.3) is 11.0 Å². The van der Waals surface area contributed by atoms with Crippen molar-refractivity contribution < 1.29 is 9.90 Å². The molecule has 0 bridgehead atoms. The zero-order chi connectivity index (χ0) is 14.9. The third-order valence-corrected chi connectivity index (χ3v) is 3.44. The lowest BCUT2D eigenvalue weighted by Gasteiger charge is -2.19. The Morgan fingerprint density at radius 3 is 2.80 bits per heavy atom. The number of carbonyl (C=O) groups is 1. The first kappa shape index (κ1) is 14.5. The predicted molar refractivity (Wildman–Crippen MR) is 76.4 cm³/mol. The lowest BCUT2D eigenvalue weighted by molar-refractivity contribution is 0.0896. The summed E-state index contributed by atoms with van der Waals surface area (Å²) in [4.78, 5) is 16.5. The van der Waals surface area contributed by atoms with Crippen molar-refractivity contribution in [2.45, 2.75) is 26.8 Å². The van der Waals surface area contributed by atoms with Gasteiger partial charge in [0.05, 0.1) is 23.9 Å². The molecule has 0 aliphatic carbocycles. The molecule has 2 N–H and O–H groups in total. The Morgan fingerprint density at radius 2 is 2.20 bits per heavy atom. The van der Waals surface area contributed by atoms with Gasteiger partial charge >= 0.3 is 0 Å². The second-order valence-electron chi connectivity index (χ2n) is 5.31. The fourth-order valence-corrected chi connectivity index (χ4v) is 2.11. The van der Waals surface area contributed by atoms with Crippen molar-refractivity contribution in [1.29, 1.82) is 0 Å². The third-order valence-electron chi connectivity index (χ3n) is 3.44. The molecule has 1 amide bonds. The number of nitrogens with zero attached hydrogens (tertiary/aromatic N) is 3. The molecule has 1 unspecified atom stereocenters. The average Bonchev–Trinajstić information content (AvgIpc) is 2.70. The van der Waals surface area contributed by atoms with Crippen molar-refractivity contribution in [3.8, 4) is 0 Å². The third kappa shape index (κ3) is 2.65. The largest absolute Gasteiger partial charge is 0.394 e. The van der Waals surface area contributed by atoms with Gasteiger partial charge in [-0.05, 0) is 18.9 Å². The highest BCUT2D eigenvalue weighted by Crippen LogP contribution is 2.16. The number of aliphatic hydroxyl groups is 1. The second-order valence-corrected chi connectivity index (χ2v) is 5.31. The SMILES string of the molecule is Cc1nn(C)c2ncc(C(=O)NC(CO)C(C)C)cc12. The van der Waals surface area contributed by atoms with Crippen LogP contribution in [0.2, 0.25) is 0 Å². The van der Waals surface area contributed by atoms with Crippen LogP contribution in [0.3, 0.4) is 0 Å². The number of nitrogens with one attached hydrogen (secondary N) is 1. The van der Waals surface area contributed by atoms with Gasteiger partial charge in [-0.15, -0.1) is 0 Å². The molecule has 0 aliphatic heterocycles. The van der Waals surface area contributed by atoms with E-state index >= 15 is 0 Å². The van der Waals surface area contributed by atoms with Crippen LogP contribution >= 0.6 is 0 Å². The second kappa shape index (κ2) is 5.58. The minimum absolute atomic E-state index is 0.0784. The predicted octanol–water partition coefficient (Wildman–Crippen LogP) is 1.02. The first-order valence-electron chi connectivity index (χ1n) is 6.65. The number of hydrogen-bond donors (Lipinski definition) is 2. The molecule has 2 aromatic rings. The summed E-state index contributed by atoms with van der Waals surface area (Å²) in [5.41, 5.74) is 2.07. The van der Waals surface area contributed by atoms with Gasteiger partial charge in [0.1, 0.15) is 0 Å². The average molecular weight is 276 g/mol. The summed E-state index contributed by atoms with van der Waals surface area (Å²) in [6.07, 6.45) is 1.54. The summed E-state index contributed by atoms with van der Waals surface area (Å²) in [7, 11) is 1.82. The molecular weight excluding hydrogens is 256 g/mol. The zero-order valence-corrected chi connectivity index (χ0v) is 12.2. The van der Waals surface area contributed by atoms with Gasteiger partial charge in [-0.3, -0.25) is 9.48 Å². The van der Waals surface area contributed by atoms with Gasteiger partial charge in [0.15, 0.2) is 5.65 Å². The number of aromatic nitrogens is 3.